The Morgan fingerprint density at radius 2 is 1.77 bits per heavy atom. The average Bonchev–Trinajstić information content (AvgIpc) is 2.44. The highest BCUT2D eigenvalue weighted by Crippen LogP contribution is 2.39. The fourth-order valence-electron chi connectivity index (χ4n) is 0.956. The molecule has 13 heavy (non-hydrogen) atoms. The van der Waals surface area contributed by atoms with Crippen molar-refractivity contribution in [2.75, 3.05) is 0 Å². The van der Waals surface area contributed by atoms with E-state index >= 15 is 0 Å². The van der Waals surface area contributed by atoms with E-state index in [2.05, 4.69) is 4.98 Å². The summed E-state index contributed by atoms with van der Waals surface area (Å²) in [6, 6.07) is 1.56. The Labute approximate surface area is 98.2 Å². The highest BCUT2D eigenvalue weighted by atomic mass is 35.5. The van der Waals surface area contributed by atoms with Gasteiger partial charge in [0.25, 0.3) is 0 Å². The van der Waals surface area contributed by atoms with E-state index in [0.29, 0.717) is 25.1 Å². The molecule has 0 amide bonds. The first-order valence-corrected chi connectivity index (χ1v) is 5.52. The molecule has 0 radical (unpaired) electrons. The zero-order valence-electron chi connectivity index (χ0n) is 5.94. The minimum atomic E-state index is 0.404. The summed E-state index contributed by atoms with van der Waals surface area (Å²) >= 11 is 24.6. The minimum absolute atomic E-state index is 0.404. The molecule has 1 aromatic heterocycles. The van der Waals surface area contributed by atoms with Crippen LogP contribution >= 0.6 is 57.7 Å². The molecule has 2 rings (SSSR count). The first-order chi connectivity index (χ1) is 6.09. The molecule has 0 atom stereocenters. The van der Waals surface area contributed by atoms with E-state index in [0.717, 1.165) is 4.70 Å². The number of hydrogen-bond acceptors (Lipinski definition) is 2. The van der Waals surface area contributed by atoms with Crippen LogP contribution in [0.5, 0.6) is 0 Å². The van der Waals surface area contributed by atoms with E-state index in [4.69, 9.17) is 46.4 Å². The number of hydrogen-bond donors (Lipinski definition) is 0. The molecule has 0 unspecified atom stereocenters. The molecule has 0 aliphatic rings. The maximum atomic E-state index is 5.93. The summed E-state index contributed by atoms with van der Waals surface area (Å²) in [6.07, 6.45) is 0. The molecule has 1 aromatic carbocycles. The zero-order chi connectivity index (χ0) is 9.59. The fourth-order valence-corrected chi connectivity index (χ4v) is 2.91. The van der Waals surface area contributed by atoms with Crippen molar-refractivity contribution < 1.29 is 0 Å². The van der Waals surface area contributed by atoms with Gasteiger partial charge in [-0.1, -0.05) is 46.4 Å². The van der Waals surface area contributed by atoms with Gasteiger partial charge in [0.05, 0.1) is 19.8 Å². The topological polar surface area (TPSA) is 12.9 Å². The van der Waals surface area contributed by atoms with Crippen LogP contribution in [0.1, 0.15) is 0 Å². The lowest BCUT2D eigenvalue weighted by atomic mass is 10.3. The Bertz CT molecular complexity index is 479. The third-order valence-corrected chi connectivity index (χ3v) is 3.85. The Hall–Kier alpha value is 0.270. The van der Waals surface area contributed by atoms with Crippen molar-refractivity contribution >= 4 is 68.0 Å². The van der Waals surface area contributed by atoms with Gasteiger partial charge in [0.2, 0.25) is 0 Å². The lowest BCUT2D eigenvalue weighted by molar-refractivity contribution is 1.50. The van der Waals surface area contributed by atoms with Gasteiger partial charge in [0.15, 0.2) is 4.47 Å². The molecule has 0 fully saturated rings. The molecular formula is C7HCl4NS. The summed E-state index contributed by atoms with van der Waals surface area (Å²) in [5, 5.41) is 1.33. The summed E-state index contributed by atoms with van der Waals surface area (Å²) in [4.78, 5) is 4.02. The average molecular weight is 273 g/mol. The van der Waals surface area contributed by atoms with Crippen molar-refractivity contribution in [2.24, 2.45) is 0 Å². The van der Waals surface area contributed by atoms with Crippen molar-refractivity contribution in [1.29, 1.82) is 0 Å². The van der Waals surface area contributed by atoms with Crippen LogP contribution in [0.25, 0.3) is 10.2 Å². The molecule has 0 aliphatic carbocycles. The zero-order valence-corrected chi connectivity index (χ0v) is 9.78. The molecule has 68 valence electrons. The normalized spacial score (nSPS) is 11.1. The predicted octanol–water partition coefficient (Wildman–Crippen LogP) is 4.91. The highest BCUT2D eigenvalue weighted by molar-refractivity contribution is 7.22. The highest BCUT2D eigenvalue weighted by Gasteiger charge is 2.12. The quantitative estimate of drug-likeness (QED) is 0.621. The maximum Gasteiger partial charge on any atom is 0.184 e. The van der Waals surface area contributed by atoms with Crippen molar-refractivity contribution in [2.45, 2.75) is 0 Å². The second-order valence-electron chi connectivity index (χ2n) is 2.30. The van der Waals surface area contributed by atoms with Crippen LogP contribution in [0, 0.1) is 0 Å². The minimum Gasteiger partial charge on any atom is -0.223 e. The van der Waals surface area contributed by atoms with Gasteiger partial charge in [0, 0.05) is 0 Å². The molecule has 1 heterocycles. The summed E-state index contributed by atoms with van der Waals surface area (Å²) in [5.74, 6) is 0. The molecule has 0 N–H and O–H groups in total. The van der Waals surface area contributed by atoms with E-state index in [1.54, 1.807) is 6.07 Å². The molecule has 6 heteroatoms. The van der Waals surface area contributed by atoms with Crippen molar-refractivity contribution in [3.8, 4) is 0 Å². The number of rotatable bonds is 0. The van der Waals surface area contributed by atoms with Crippen LogP contribution in [-0.2, 0) is 0 Å². The van der Waals surface area contributed by atoms with E-state index in [9.17, 15) is 0 Å². The summed E-state index contributed by atoms with van der Waals surface area (Å²) in [5.41, 5.74) is 0.603. The second kappa shape index (κ2) is 3.44. The molecule has 0 saturated carbocycles. The van der Waals surface area contributed by atoms with Crippen molar-refractivity contribution in [3.63, 3.8) is 0 Å². The third kappa shape index (κ3) is 1.62. The van der Waals surface area contributed by atoms with E-state index < -0.39 is 0 Å². The van der Waals surface area contributed by atoms with Gasteiger partial charge in [-0.15, -0.1) is 11.3 Å². The molecule has 0 bridgehead atoms. The van der Waals surface area contributed by atoms with Gasteiger partial charge in [-0.3, -0.25) is 0 Å². The van der Waals surface area contributed by atoms with Crippen LogP contribution in [0.2, 0.25) is 19.5 Å². The Balaban J connectivity index is 2.95. The predicted molar refractivity (Wildman–Crippen MR) is 59.7 cm³/mol. The van der Waals surface area contributed by atoms with Gasteiger partial charge in [-0.25, -0.2) is 4.98 Å². The van der Waals surface area contributed by atoms with E-state index in [-0.39, 0.29) is 0 Å². The molecule has 0 aliphatic heterocycles. The van der Waals surface area contributed by atoms with Crippen LogP contribution < -0.4 is 0 Å². The van der Waals surface area contributed by atoms with Crippen LogP contribution in [0.3, 0.4) is 0 Å². The van der Waals surface area contributed by atoms with Crippen molar-refractivity contribution in [3.05, 3.63) is 25.6 Å². The summed E-state index contributed by atoms with van der Waals surface area (Å²) in [6.45, 7) is 0. The summed E-state index contributed by atoms with van der Waals surface area (Å²) < 4.78 is 1.13. The van der Waals surface area contributed by atoms with Gasteiger partial charge < -0.3 is 0 Å². The Morgan fingerprint density at radius 3 is 2.46 bits per heavy atom. The number of nitrogens with zero attached hydrogens (tertiary/aromatic N) is 1. The van der Waals surface area contributed by atoms with Gasteiger partial charge in [-0.05, 0) is 6.07 Å². The van der Waals surface area contributed by atoms with Crippen LogP contribution in [-0.4, -0.2) is 4.98 Å². The van der Waals surface area contributed by atoms with Crippen LogP contribution in [0.15, 0.2) is 6.07 Å². The maximum absolute atomic E-state index is 5.93. The SMILES string of the molecule is Clc1nc2c(Cl)cc(Cl)c(Cl)c2s1. The monoisotopic (exact) mass is 271 g/mol. The first kappa shape index (κ1) is 9.81. The third-order valence-electron chi connectivity index (χ3n) is 1.49. The lowest BCUT2D eigenvalue weighted by Gasteiger charge is -1.97. The standard InChI is InChI=1S/C7HCl4NS/c8-2-1-3(9)5-6(4(2)10)13-7(11)12-5/h1H. The van der Waals surface area contributed by atoms with Gasteiger partial charge >= 0.3 is 0 Å². The molecule has 1 nitrogen and oxygen atoms in total. The van der Waals surface area contributed by atoms with Gasteiger partial charge in [-0.2, -0.15) is 0 Å². The van der Waals surface area contributed by atoms with Crippen LogP contribution in [0.4, 0.5) is 0 Å². The Kier molecular flexibility index (Phi) is 2.60. The smallest absolute Gasteiger partial charge is 0.184 e. The Morgan fingerprint density at radius 1 is 1.08 bits per heavy atom. The second-order valence-corrected chi connectivity index (χ2v) is 5.07. The number of thiazole rings is 1. The molecule has 0 spiro atoms. The number of aromatic nitrogens is 1. The van der Waals surface area contributed by atoms with E-state index in [1.807, 2.05) is 0 Å². The molecular weight excluding hydrogens is 272 g/mol. The number of fused-ring (bicyclic) bond motifs is 1. The lowest BCUT2D eigenvalue weighted by Crippen LogP contribution is -1.74. The molecule has 2 aromatic rings. The number of benzene rings is 1. The van der Waals surface area contributed by atoms with Gasteiger partial charge in [0.1, 0.15) is 5.52 Å². The molecule has 0 saturated heterocycles. The number of halogens is 4. The van der Waals surface area contributed by atoms with Crippen molar-refractivity contribution in [1.82, 2.24) is 4.98 Å². The fraction of sp³-hybridized carbons (Fsp3) is 0. The van der Waals surface area contributed by atoms with E-state index in [1.165, 1.54) is 11.3 Å². The first-order valence-electron chi connectivity index (χ1n) is 3.19. The largest absolute Gasteiger partial charge is 0.223 e. The summed E-state index contributed by atoms with van der Waals surface area (Å²) in [7, 11) is 0.